The van der Waals surface area contributed by atoms with E-state index in [2.05, 4.69) is 10.3 Å². The number of hydrogen-bond acceptors (Lipinski definition) is 4. The average Bonchev–Trinajstić information content (AvgIpc) is 3.36. The highest BCUT2D eigenvalue weighted by Crippen LogP contribution is 2.59. The van der Waals surface area contributed by atoms with Crippen LogP contribution in [0, 0.1) is 17.2 Å². The minimum absolute atomic E-state index is 0.0303. The van der Waals surface area contributed by atoms with E-state index in [-0.39, 0.29) is 35.6 Å². The minimum Gasteiger partial charge on any atom is -0.475 e. The SMILES string of the molecule is CN(Cc1ccccn1)C(=O)C1CC12CCN(C(=O)NCc1cccc(F)c1)C2.O=C(O)C(F)(F)F. The van der Waals surface area contributed by atoms with Crippen molar-refractivity contribution in [3.63, 3.8) is 0 Å². The van der Waals surface area contributed by atoms with E-state index in [0.29, 0.717) is 19.6 Å². The number of nitrogens with zero attached hydrogens (tertiary/aromatic N) is 3. The Labute approximate surface area is 204 Å². The zero-order valence-corrected chi connectivity index (χ0v) is 19.5. The van der Waals surface area contributed by atoms with Crippen LogP contribution in [-0.4, -0.2) is 64.1 Å². The summed E-state index contributed by atoms with van der Waals surface area (Å²) < 4.78 is 45.0. The first-order chi connectivity index (χ1) is 16.9. The number of amides is 3. The van der Waals surface area contributed by atoms with Crippen LogP contribution in [0.25, 0.3) is 0 Å². The van der Waals surface area contributed by atoms with E-state index in [1.165, 1.54) is 12.1 Å². The first-order valence-electron chi connectivity index (χ1n) is 11.1. The van der Waals surface area contributed by atoms with E-state index >= 15 is 0 Å². The highest BCUT2D eigenvalue weighted by molar-refractivity contribution is 5.83. The van der Waals surface area contributed by atoms with Gasteiger partial charge in [-0.2, -0.15) is 13.2 Å². The number of carboxylic acid groups (broad SMARTS) is 1. The number of carbonyl (C=O) groups excluding carboxylic acids is 2. The molecule has 12 heteroatoms. The van der Waals surface area contributed by atoms with E-state index in [0.717, 1.165) is 24.1 Å². The molecule has 1 saturated heterocycles. The normalized spacial score (nSPS) is 20.4. The number of nitrogens with one attached hydrogen (secondary N) is 1. The van der Waals surface area contributed by atoms with Crippen LogP contribution in [-0.2, 0) is 22.7 Å². The molecular weight excluding hydrogens is 484 g/mol. The Morgan fingerprint density at radius 3 is 2.56 bits per heavy atom. The predicted molar refractivity (Wildman–Crippen MR) is 120 cm³/mol. The molecule has 2 atom stereocenters. The maximum Gasteiger partial charge on any atom is 0.490 e. The van der Waals surface area contributed by atoms with Gasteiger partial charge in [0.1, 0.15) is 5.82 Å². The summed E-state index contributed by atoms with van der Waals surface area (Å²) in [5.41, 5.74) is 1.50. The van der Waals surface area contributed by atoms with Crippen LogP contribution in [0.5, 0.6) is 0 Å². The maximum absolute atomic E-state index is 13.3. The number of alkyl halides is 3. The van der Waals surface area contributed by atoms with Crippen molar-refractivity contribution in [2.75, 3.05) is 20.1 Å². The lowest BCUT2D eigenvalue weighted by Crippen LogP contribution is -2.38. The first kappa shape index (κ1) is 26.9. The van der Waals surface area contributed by atoms with Gasteiger partial charge in [-0.25, -0.2) is 14.0 Å². The monoisotopic (exact) mass is 510 g/mol. The number of benzene rings is 1. The van der Waals surface area contributed by atoms with Crippen molar-refractivity contribution in [3.05, 3.63) is 65.7 Å². The molecular formula is C24H26F4N4O4. The molecule has 0 bridgehead atoms. The molecule has 194 valence electrons. The Morgan fingerprint density at radius 2 is 1.94 bits per heavy atom. The third-order valence-electron chi connectivity index (χ3n) is 6.24. The Morgan fingerprint density at radius 1 is 1.22 bits per heavy atom. The van der Waals surface area contributed by atoms with Gasteiger partial charge in [0.15, 0.2) is 0 Å². The van der Waals surface area contributed by atoms with E-state index < -0.39 is 12.1 Å². The van der Waals surface area contributed by atoms with Gasteiger partial charge in [-0.05, 0) is 42.7 Å². The zero-order valence-electron chi connectivity index (χ0n) is 19.5. The van der Waals surface area contributed by atoms with Gasteiger partial charge in [0.05, 0.1) is 12.2 Å². The molecule has 1 aromatic heterocycles. The number of carboxylic acids is 1. The maximum atomic E-state index is 13.3. The van der Waals surface area contributed by atoms with Gasteiger partial charge in [0, 0.05) is 44.2 Å². The highest BCUT2D eigenvalue weighted by atomic mass is 19.4. The van der Waals surface area contributed by atoms with Gasteiger partial charge >= 0.3 is 18.2 Å². The molecule has 1 aliphatic heterocycles. The molecule has 3 amide bonds. The third kappa shape index (κ3) is 6.92. The van der Waals surface area contributed by atoms with E-state index in [9.17, 15) is 27.2 Å². The van der Waals surface area contributed by atoms with Crippen molar-refractivity contribution >= 4 is 17.9 Å². The standard InChI is InChI=1S/C22H25FN4O2.C2HF3O2/c1-26(14-18-7-2-3-9-24-18)20(28)19-12-22(19)8-10-27(15-22)21(29)25-13-16-5-4-6-17(23)11-16;3-2(4,5)1(6)7/h2-7,9,11,19H,8,10,12-15H2,1H3,(H,25,29);(H,6,7). The summed E-state index contributed by atoms with van der Waals surface area (Å²) >= 11 is 0. The summed E-state index contributed by atoms with van der Waals surface area (Å²) in [5, 5.41) is 9.97. The van der Waals surface area contributed by atoms with Crippen molar-refractivity contribution in [1.29, 1.82) is 0 Å². The van der Waals surface area contributed by atoms with Crippen LogP contribution in [0.3, 0.4) is 0 Å². The lowest BCUT2D eigenvalue weighted by Gasteiger charge is -2.20. The molecule has 4 rings (SSSR count). The fourth-order valence-electron chi connectivity index (χ4n) is 4.23. The molecule has 2 unspecified atom stereocenters. The van der Waals surface area contributed by atoms with Crippen molar-refractivity contribution < 1.29 is 37.1 Å². The largest absolute Gasteiger partial charge is 0.490 e. The van der Waals surface area contributed by atoms with Crippen LogP contribution >= 0.6 is 0 Å². The Hall–Kier alpha value is -3.70. The van der Waals surface area contributed by atoms with Crippen LogP contribution < -0.4 is 5.32 Å². The number of halogens is 4. The molecule has 1 aliphatic carbocycles. The molecule has 2 heterocycles. The molecule has 8 nitrogen and oxygen atoms in total. The van der Waals surface area contributed by atoms with Gasteiger partial charge in [0.25, 0.3) is 0 Å². The van der Waals surface area contributed by atoms with Gasteiger partial charge in [-0.15, -0.1) is 0 Å². The van der Waals surface area contributed by atoms with E-state index in [1.54, 1.807) is 35.2 Å². The quantitative estimate of drug-likeness (QED) is 0.600. The molecule has 2 fully saturated rings. The molecule has 1 spiro atoms. The molecule has 2 aromatic rings. The van der Waals surface area contributed by atoms with Crippen molar-refractivity contribution in [1.82, 2.24) is 20.1 Å². The summed E-state index contributed by atoms with van der Waals surface area (Å²) in [6.07, 6.45) is -1.69. The number of urea groups is 1. The number of carbonyl (C=O) groups is 3. The lowest BCUT2D eigenvalue weighted by molar-refractivity contribution is -0.192. The number of aromatic nitrogens is 1. The van der Waals surface area contributed by atoms with Crippen LogP contribution in [0.15, 0.2) is 48.7 Å². The summed E-state index contributed by atoms with van der Waals surface area (Å²) in [7, 11) is 1.81. The summed E-state index contributed by atoms with van der Waals surface area (Å²) in [4.78, 5) is 42.0. The Balaban J connectivity index is 0.000000454. The fraction of sp³-hybridized carbons (Fsp3) is 0.417. The van der Waals surface area contributed by atoms with Gasteiger partial charge < -0.3 is 20.2 Å². The second-order valence-corrected chi connectivity index (χ2v) is 8.90. The van der Waals surface area contributed by atoms with E-state index in [1.807, 2.05) is 18.2 Å². The fourth-order valence-corrected chi connectivity index (χ4v) is 4.23. The molecule has 2 aliphatic rings. The van der Waals surface area contributed by atoms with Crippen molar-refractivity contribution in [3.8, 4) is 0 Å². The smallest absolute Gasteiger partial charge is 0.475 e. The number of hydrogen-bond donors (Lipinski definition) is 2. The number of aliphatic carboxylic acids is 1. The zero-order chi connectivity index (χ0) is 26.5. The van der Waals surface area contributed by atoms with Gasteiger partial charge in [0.2, 0.25) is 5.91 Å². The van der Waals surface area contributed by atoms with Crippen LogP contribution in [0.2, 0.25) is 0 Å². The van der Waals surface area contributed by atoms with Crippen molar-refractivity contribution in [2.45, 2.75) is 32.1 Å². The predicted octanol–water partition coefficient (Wildman–Crippen LogP) is 3.43. The van der Waals surface area contributed by atoms with Gasteiger partial charge in [-0.1, -0.05) is 18.2 Å². The molecule has 0 radical (unpaired) electrons. The van der Waals surface area contributed by atoms with Crippen LogP contribution in [0.4, 0.5) is 22.4 Å². The highest BCUT2D eigenvalue weighted by Gasteiger charge is 2.61. The Kier molecular flexibility index (Phi) is 8.16. The average molecular weight is 510 g/mol. The van der Waals surface area contributed by atoms with Crippen LogP contribution in [0.1, 0.15) is 24.1 Å². The molecule has 2 N–H and O–H groups in total. The third-order valence-corrected chi connectivity index (χ3v) is 6.24. The first-order valence-corrected chi connectivity index (χ1v) is 11.1. The van der Waals surface area contributed by atoms with E-state index in [4.69, 9.17) is 9.90 Å². The number of likely N-dealkylation sites (tertiary alicyclic amines) is 1. The molecule has 1 aromatic carbocycles. The Bertz CT molecular complexity index is 1100. The summed E-state index contributed by atoms with van der Waals surface area (Å²) in [6, 6.07) is 11.7. The summed E-state index contributed by atoms with van der Waals surface area (Å²) in [6.45, 7) is 2.01. The topological polar surface area (TPSA) is 103 Å². The lowest BCUT2D eigenvalue weighted by atomic mass is 10.0. The second kappa shape index (κ2) is 10.9. The summed E-state index contributed by atoms with van der Waals surface area (Å²) in [5.74, 6) is -2.98. The molecule has 36 heavy (non-hydrogen) atoms. The number of pyridine rings is 1. The second-order valence-electron chi connectivity index (χ2n) is 8.90. The van der Waals surface area contributed by atoms with Crippen molar-refractivity contribution in [2.24, 2.45) is 11.3 Å². The van der Waals surface area contributed by atoms with Gasteiger partial charge in [-0.3, -0.25) is 9.78 Å². The minimum atomic E-state index is -5.08. The number of rotatable bonds is 5. The molecule has 1 saturated carbocycles.